The van der Waals surface area contributed by atoms with Crippen molar-refractivity contribution in [1.82, 2.24) is 9.38 Å². The second-order valence-corrected chi connectivity index (χ2v) is 5.63. The maximum absolute atomic E-state index is 11.2. The van der Waals surface area contributed by atoms with E-state index in [9.17, 15) is 5.11 Å². The first-order chi connectivity index (χ1) is 10.1. The van der Waals surface area contributed by atoms with Crippen LogP contribution >= 0.6 is 0 Å². The molecule has 0 spiro atoms. The van der Waals surface area contributed by atoms with Gasteiger partial charge in [0.05, 0.1) is 23.9 Å². The smallest absolute Gasteiger partial charge is 0.161 e. The van der Waals surface area contributed by atoms with Gasteiger partial charge in [0.2, 0.25) is 0 Å². The highest BCUT2D eigenvalue weighted by Gasteiger charge is 2.38. The van der Waals surface area contributed by atoms with Crippen LogP contribution in [-0.4, -0.2) is 21.0 Å². The number of hydrogen-bond acceptors (Lipinski definition) is 4. The molecule has 0 bridgehead atoms. The maximum Gasteiger partial charge on any atom is 0.161 e. The number of aliphatic hydroxyl groups is 1. The summed E-state index contributed by atoms with van der Waals surface area (Å²) in [5.41, 5.74) is 4.51. The van der Waals surface area contributed by atoms with Crippen molar-refractivity contribution < 1.29 is 9.52 Å². The first-order valence-electron chi connectivity index (χ1n) is 7.09. The van der Waals surface area contributed by atoms with E-state index in [0.29, 0.717) is 13.0 Å². The lowest BCUT2D eigenvalue weighted by molar-refractivity contribution is 0.0714. The Bertz CT molecular complexity index is 820. The fourth-order valence-electron chi connectivity index (χ4n) is 3.16. The molecule has 2 N–H and O–H groups in total. The highest BCUT2D eigenvalue weighted by Crippen LogP contribution is 2.42. The number of anilines is 1. The molecule has 1 aliphatic rings. The predicted octanol–water partition coefficient (Wildman–Crippen LogP) is 2.60. The van der Waals surface area contributed by atoms with E-state index >= 15 is 0 Å². The third kappa shape index (κ3) is 1.58. The van der Waals surface area contributed by atoms with Crippen LogP contribution in [0, 0.1) is 13.8 Å². The van der Waals surface area contributed by atoms with E-state index in [-0.39, 0.29) is 0 Å². The Morgan fingerprint density at radius 2 is 2.24 bits per heavy atom. The van der Waals surface area contributed by atoms with Gasteiger partial charge in [0.1, 0.15) is 5.60 Å². The molecule has 0 saturated heterocycles. The second kappa shape index (κ2) is 4.11. The van der Waals surface area contributed by atoms with Crippen LogP contribution in [0.2, 0.25) is 0 Å². The molecule has 3 aromatic heterocycles. The van der Waals surface area contributed by atoms with Crippen molar-refractivity contribution in [2.75, 3.05) is 11.9 Å². The van der Waals surface area contributed by atoms with Crippen LogP contribution in [0.1, 0.15) is 28.9 Å². The van der Waals surface area contributed by atoms with Gasteiger partial charge in [0.25, 0.3) is 0 Å². The van der Waals surface area contributed by atoms with Crippen molar-refractivity contribution in [2.45, 2.75) is 25.9 Å². The van der Waals surface area contributed by atoms with Crippen molar-refractivity contribution >= 4 is 11.3 Å². The van der Waals surface area contributed by atoms with E-state index in [1.165, 1.54) is 0 Å². The molecule has 1 unspecified atom stereocenters. The number of hydrogen-bond donors (Lipinski definition) is 2. The lowest BCUT2D eigenvalue weighted by Gasteiger charge is -2.34. The van der Waals surface area contributed by atoms with Gasteiger partial charge in [-0.15, -0.1) is 0 Å². The molecular weight excluding hydrogens is 266 g/mol. The Morgan fingerprint density at radius 1 is 1.38 bits per heavy atom. The Kier molecular flexibility index (Phi) is 2.44. The molecule has 5 nitrogen and oxygen atoms in total. The van der Waals surface area contributed by atoms with Crippen molar-refractivity contribution in [2.24, 2.45) is 0 Å². The minimum atomic E-state index is -1.02. The van der Waals surface area contributed by atoms with Gasteiger partial charge in [-0.25, -0.2) is 4.98 Å². The molecule has 3 aromatic rings. The summed E-state index contributed by atoms with van der Waals surface area (Å²) in [6, 6.07) is 3.79. The topological polar surface area (TPSA) is 62.7 Å². The zero-order valence-electron chi connectivity index (χ0n) is 12.1. The zero-order chi connectivity index (χ0) is 14.6. The lowest BCUT2D eigenvalue weighted by Crippen LogP contribution is -2.35. The highest BCUT2D eigenvalue weighted by atomic mass is 16.3. The minimum absolute atomic E-state index is 0.606. The van der Waals surface area contributed by atoms with E-state index in [1.807, 2.05) is 32.2 Å². The van der Waals surface area contributed by atoms with Gasteiger partial charge < -0.3 is 19.2 Å². The molecule has 4 heterocycles. The molecule has 0 fully saturated rings. The minimum Gasteiger partial charge on any atom is -0.472 e. The molecule has 5 heteroatoms. The number of pyridine rings is 1. The van der Waals surface area contributed by atoms with Crippen LogP contribution in [0.15, 0.2) is 35.3 Å². The molecule has 108 valence electrons. The quantitative estimate of drug-likeness (QED) is 0.720. The monoisotopic (exact) mass is 283 g/mol. The largest absolute Gasteiger partial charge is 0.472 e. The van der Waals surface area contributed by atoms with Gasteiger partial charge in [-0.05, 0) is 26.0 Å². The van der Waals surface area contributed by atoms with Crippen molar-refractivity contribution in [1.29, 1.82) is 0 Å². The van der Waals surface area contributed by atoms with E-state index < -0.39 is 5.60 Å². The van der Waals surface area contributed by atoms with Crippen LogP contribution in [-0.2, 0) is 5.60 Å². The molecule has 1 atom stereocenters. The normalized spacial score (nSPS) is 21.3. The SMILES string of the molecule is Cc1nc2c3c(ccn2c1C)C(O)(c1ccoc1)CCN3. The van der Waals surface area contributed by atoms with Crippen LogP contribution < -0.4 is 5.32 Å². The summed E-state index contributed by atoms with van der Waals surface area (Å²) >= 11 is 0. The summed E-state index contributed by atoms with van der Waals surface area (Å²) in [6.07, 6.45) is 5.79. The van der Waals surface area contributed by atoms with Gasteiger partial charge in [0, 0.05) is 36.0 Å². The first-order valence-corrected chi connectivity index (χ1v) is 7.09. The van der Waals surface area contributed by atoms with Gasteiger partial charge in [-0.3, -0.25) is 0 Å². The number of aromatic nitrogens is 2. The second-order valence-electron chi connectivity index (χ2n) is 5.63. The summed E-state index contributed by atoms with van der Waals surface area (Å²) in [6.45, 7) is 4.74. The molecule has 4 rings (SSSR count). The number of imidazole rings is 1. The van der Waals surface area contributed by atoms with Crippen LogP contribution in [0.25, 0.3) is 5.65 Å². The van der Waals surface area contributed by atoms with Gasteiger partial charge >= 0.3 is 0 Å². The number of furan rings is 1. The van der Waals surface area contributed by atoms with Crippen LogP contribution in [0.4, 0.5) is 5.69 Å². The average molecular weight is 283 g/mol. The van der Waals surface area contributed by atoms with E-state index in [0.717, 1.165) is 33.8 Å². The van der Waals surface area contributed by atoms with E-state index in [1.54, 1.807) is 12.5 Å². The number of fused-ring (bicyclic) bond motifs is 3. The standard InChI is InChI=1S/C16H17N3O2/c1-10-11(2)19-7-3-13-14(15(19)18-10)17-6-5-16(13,20)12-4-8-21-9-12/h3-4,7-9,17,20H,5-6H2,1-2H3. The fourth-order valence-corrected chi connectivity index (χ4v) is 3.16. The van der Waals surface area contributed by atoms with Gasteiger partial charge in [-0.2, -0.15) is 0 Å². The Balaban J connectivity index is 2.01. The van der Waals surface area contributed by atoms with Gasteiger partial charge in [0.15, 0.2) is 5.65 Å². The summed E-state index contributed by atoms with van der Waals surface area (Å²) in [5.74, 6) is 0. The Morgan fingerprint density at radius 3 is 3.00 bits per heavy atom. The first kappa shape index (κ1) is 12.5. The summed E-state index contributed by atoms with van der Waals surface area (Å²) < 4.78 is 7.22. The van der Waals surface area contributed by atoms with E-state index in [4.69, 9.17) is 4.42 Å². The Labute approximate surface area is 122 Å². The highest BCUT2D eigenvalue weighted by molar-refractivity contribution is 5.75. The number of nitrogens with zero attached hydrogens (tertiary/aromatic N) is 2. The average Bonchev–Trinajstić information content (AvgIpc) is 3.10. The Hall–Kier alpha value is -2.27. The van der Waals surface area contributed by atoms with Crippen LogP contribution in [0.3, 0.4) is 0 Å². The third-order valence-corrected chi connectivity index (χ3v) is 4.50. The number of nitrogens with one attached hydrogen (secondary N) is 1. The maximum atomic E-state index is 11.2. The molecule has 0 aromatic carbocycles. The molecule has 0 radical (unpaired) electrons. The number of rotatable bonds is 1. The van der Waals surface area contributed by atoms with Crippen LogP contribution in [0.5, 0.6) is 0 Å². The summed E-state index contributed by atoms with van der Waals surface area (Å²) in [5, 5.41) is 14.6. The summed E-state index contributed by atoms with van der Waals surface area (Å²) in [4.78, 5) is 4.64. The van der Waals surface area contributed by atoms with Gasteiger partial charge in [-0.1, -0.05) is 0 Å². The molecule has 21 heavy (non-hydrogen) atoms. The van der Waals surface area contributed by atoms with Crippen molar-refractivity contribution in [3.05, 3.63) is 53.4 Å². The molecule has 0 saturated carbocycles. The molecular formula is C16H17N3O2. The molecule has 0 aliphatic carbocycles. The number of aryl methyl sites for hydroxylation is 2. The van der Waals surface area contributed by atoms with Crippen molar-refractivity contribution in [3.63, 3.8) is 0 Å². The third-order valence-electron chi connectivity index (χ3n) is 4.50. The van der Waals surface area contributed by atoms with E-state index in [2.05, 4.69) is 14.7 Å². The molecule has 0 amide bonds. The predicted molar refractivity (Wildman–Crippen MR) is 79.5 cm³/mol. The fraction of sp³-hybridized carbons (Fsp3) is 0.312. The van der Waals surface area contributed by atoms with Crippen molar-refractivity contribution in [3.8, 4) is 0 Å². The molecule has 1 aliphatic heterocycles. The summed E-state index contributed by atoms with van der Waals surface area (Å²) in [7, 11) is 0. The zero-order valence-corrected chi connectivity index (χ0v) is 12.1. The lowest BCUT2D eigenvalue weighted by atomic mass is 9.82.